The van der Waals surface area contributed by atoms with E-state index in [9.17, 15) is 4.79 Å². The van der Waals surface area contributed by atoms with E-state index in [0.717, 1.165) is 48.4 Å². The lowest BCUT2D eigenvalue weighted by Crippen LogP contribution is -2.48. The zero-order valence-corrected chi connectivity index (χ0v) is 19.8. The lowest BCUT2D eigenvalue weighted by Gasteiger charge is -2.37. The number of rotatable bonds is 7. The second kappa shape index (κ2) is 11.0. The molecule has 2 unspecified atom stereocenters. The summed E-state index contributed by atoms with van der Waals surface area (Å²) in [5.74, 6) is 2.53. The number of piperidine rings is 1. The summed E-state index contributed by atoms with van der Waals surface area (Å²) in [6.45, 7) is 6.02. The predicted octanol–water partition coefficient (Wildman–Crippen LogP) is 4.53. The minimum absolute atomic E-state index is 0.0821. The van der Waals surface area contributed by atoms with Crippen molar-refractivity contribution < 1.29 is 4.79 Å². The number of terminal acetylenes is 1. The Labute approximate surface area is 201 Å². The number of aromatic amines is 1. The van der Waals surface area contributed by atoms with Gasteiger partial charge in [0.05, 0.1) is 5.69 Å². The molecule has 1 fully saturated rings. The fourth-order valence-electron chi connectivity index (χ4n) is 4.52. The van der Waals surface area contributed by atoms with Gasteiger partial charge < -0.3 is 5.32 Å². The van der Waals surface area contributed by atoms with E-state index in [-0.39, 0.29) is 18.4 Å². The third kappa shape index (κ3) is 5.44. The molecule has 2 N–H and O–H groups in total. The van der Waals surface area contributed by atoms with Gasteiger partial charge in [-0.3, -0.25) is 19.8 Å². The molecule has 174 valence electrons. The van der Waals surface area contributed by atoms with Crippen LogP contribution in [0, 0.1) is 19.3 Å². The minimum Gasteiger partial charge on any atom is -0.348 e. The number of aryl methyl sites for hydroxylation is 1. The minimum atomic E-state index is -0.113. The highest BCUT2D eigenvalue weighted by molar-refractivity contribution is 5.99. The summed E-state index contributed by atoms with van der Waals surface area (Å²) in [4.78, 5) is 19.8. The second-order valence-electron chi connectivity index (χ2n) is 8.79. The van der Waals surface area contributed by atoms with E-state index in [1.807, 2.05) is 31.2 Å². The molecule has 3 aromatic rings. The van der Waals surface area contributed by atoms with Crippen molar-refractivity contribution >= 4 is 12.0 Å². The number of likely N-dealkylation sites (tertiary alicyclic amines) is 1. The number of carbonyl (C=O) groups excluding carboxylic acids is 1. The fraction of sp³-hybridized carbons (Fsp3) is 0.321. The lowest BCUT2D eigenvalue weighted by molar-refractivity contribution is -0.118. The first-order valence-corrected chi connectivity index (χ1v) is 11.8. The van der Waals surface area contributed by atoms with Gasteiger partial charge in [0.15, 0.2) is 0 Å². The van der Waals surface area contributed by atoms with Crippen molar-refractivity contribution in [2.45, 2.75) is 45.2 Å². The SMILES string of the molecule is C#CCC(=Cc1c(-c2ccncc2)n[nH]c1C)C(=O)NC1CCCN(C(C)c2ccccc2)C1. The van der Waals surface area contributed by atoms with Gasteiger partial charge in [-0.15, -0.1) is 12.3 Å². The van der Waals surface area contributed by atoms with Crippen LogP contribution in [0.15, 0.2) is 60.4 Å². The van der Waals surface area contributed by atoms with Gasteiger partial charge in [0.1, 0.15) is 0 Å². The number of nitrogens with one attached hydrogen (secondary N) is 2. The van der Waals surface area contributed by atoms with Crippen LogP contribution in [0.2, 0.25) is 0 Å². The van der Waals surface area contributed by atoms with E-state index in [2.05, 4.69) is 62.5 Å². The molecule has 3 heterocycles. The first-order valence-electron chi connectivity index (χ1n) is 11.8. The lowest BCUT2D eigenvalue weighted by atomic mass is 9.99. The van der Waals surface area contributed by atoms with Gasteiger partial charge in [0.2, 0.25) is 5.91 Å². The Morgan fingerprint density at radius 1 is 1.29 bits per heavy atom. The summed E-state index contributed by atoms with van der Waals surface area (Å²) in [6.07, 6.45) is 13.2. The summed E-state index contributed by atoms with van der Waals surface area (Å²) >= 11 is 0. The summed E-state index contributed by atoms with van der Waals surface area (Å²) < 4.78 is 0. The molecule has 0 bridgehead atoms. The summed E-state index contributed by atoms with van der Waals surface area (Å²) in [5.41, 5.74) is 5.33. The first kappa shape index (κ1) is 23.5. The Morgan fingerprint density at radius 2 is 2.06 bits per heavy atom. The molecule has 1 aromatic carbocycles. The van der Waals surface area contributed by atoms with Crippen LogP contribution in [0.4, 0.5) is 0 Å². The fourth-order valence-corrected chi connectivity index (χ4v) is 4.52. The van der Waals surface area contributed by atoms with Gasteiger partial charge in [-0.1, -0.05) is 30.3 Å². The highest BCUT2D eigenvalue weighted by atomic mass is 16.1. The normalized spacial score (nSPS) is 17.7. The maximum atomic E-state index is 13.3. The zero-order valence-electron chi connectivity index (χ0n) is 19.8. The molecular formula is C28H31N5O. The first-order chi connectivity index (χ1) is 16.6. The van der Waals surface area contributed by atoms with Crippen LogP contribution in [0.3, 0.4) is 0 Å². The van der Waals surface area contributed by atoms with Gasteiger partial charge in [0.25, 0.3) is 0 Å². The van der Waals surface area contributed by atoms with Crippen LogP contribution in [-0.2, 0) is 4.79 Å². The van der Waals surface area contributed by atoms with Crippen molar-refractivity contribution in [2.24, 2.45) is 0 Å². The van der Waals surface area contributed by atoms with Crippen LogP contribution < -0.4 is 5.32 Å². The van der Waals surface area contributed by atoms with Crippen molar-refractivity contribution in [3.8, 4) is 23.6 Å². The highest BCUT2D eigenvalue weighted by Crippen LogP contribution is 2.27. The molecular weight excluding hydrogens is 422 g/mol. The van der Waals surface area contributed by atoms with E-state index < -0.39 is 0 Å². The molecule has 0 aliphatic carbocycles. The number of hydrogen-bond acceptors (Lipinski definition) is 4. The largest absolute Gasteiger partial charge is 0.348 e. The standard InChI is InChI=1S/C28H31N5O/c1-4-9-24(18-26-20(2)31-32-27(26)23-13-15-29-16-14-23)28(34)30-25-12-8-17-33(19-25)21(3)22-10-6-5-7-11-22/h1,5-7,10-11,13-16,18,21,25H,8-9,12,17,19H2,2-3H3,(H,30,34)(H,31,32). The zero-order chi connectivity index (χ0) is 23.9. The Bertz CT molecular complexity index is 1180. The van der Waals surface area contributed by atoms with Crippen LogP contribution in [0.5, 0.6) is 0 Å². The monoisotopic (exact) mass is 453 g/mol. The van der Waals surface area contributed by atoms with Crippen molar-refractivity contribution in [1.29, 1.82) is 0 Å². The molecule has 0 spiro atoms. The Balaban J connectivity index is 1.50. The quantitative estimate of drug-likeness (QED) is 0.407. The molecule has 4 rings (SSSR count). The van der Waals surface area contributed by atoms with E-state index >= 15 is 0 Å². The number of amides is 1. The third-order valence-corrected chi connectivity index (χ3v) is 6.47. The predicted molar refractivity (Wildman–Crippen MR) is 136 cm³/mol. The molecule has 2 atom stereocenters. The van der Waals surface area contributed by atoms with Gasteiger partial charge in [-0.25, -0.2) is 0 Å². The van der Waals surface area contributed by atoms with Crippen molar-refractivity contribution in [1.82, 2.24) is 25.4 Å². The summed E-state index contributed by atoms with van der Waals surface area (Å²) in [5, 5.41) is 10.7. The van der Waals surface area contributed by atoms with Crippen LogP contribution in [0.1, 0.15) is 49.0 Å². The van der Waals surface area contributed by atoms with E-state index in [1.54, 1.807) is 12.4 Å². The average molecular weight is 454 g/mol. The number of H-pyrrole nitrogens is 1. The van der Waals surface area contributed by atoms with Crippen molar-refractivity contribution in [3.05, 3.63) is 77.3 Å². The molecule has 1 amide bonds. The number of benzene rings is 1. The Hall–Kier alpha value is -3.69. The smallest absolute Gasteiger partial charge is 0.248 e. The maximum absolute atomic E-state index is 13.3. The molecule has 0 saturated carbocycles. The molecule has 34 heavy (non-hydrogen) atoms. The van der Waals surface area contributed by atoms with Crippen molar-refractivity contribution in [3.63, 3.8) is 0 Å². The molecule has 0 radical (unpaired) electrons. The van der Waals surface area contributed by atoms with Gasteiger partial charge >= 0.3 is 0 Å². The number of hydrogen-bond donors (Lipinski definition) is 2. The number of pyridine rings is 1. The van der Waals surface area contributed by atoms with Crippen LogP contribution >= 0.6 is 0 Å². The molecule has 1 saturated heterocycles. The van der Waals surface area contributed by atoms with E-state index in [4.69, 9.17) is 6.42 Å². The number of nitrogens with zero attached hydrogens (tertiary/aromatic N) is 3. The Morgan fingerprint density at radius 3 is 2.79 bits per heavy atom. The van der Waals surface area contributed by atoms with E-state index in [1.165, 1.54) is 5.56 Å². The molecule has 6 nitrogen and oxygen atoms in total. The average Bonchev–Trinajstić information content (AvgIpc) is 3.24. The van der Waals surface area contributed by atoms with Crippen LogP contribution in [-0.4, -0.2) is 45.1 Å². The second-order valence-corrected chi connectivity index (χ2v) is 8.79. The summed E-state index contributed by atoms with van der Waals surface area (Å²) in [6, 6.07) is 14.7. The molecule has 1 aliphatic rings. The van der Waals surface area contributed by atoms with Crippen molar-refractivity contribution in [2.75, 3.05) is 13.1 Å². The van der Waals surface area contributed by atoms with Gasteiger partial charge in [-0.2, -0.15) is 5.10 Å². The van der Waals surface area contributed by atoms with E-state index in [0.29, 0.717) is 11.6 Å². The van der Waals surface area contributed by atoms with Crippen LogP contribution in [0.25, 0.3) is 17.3 Å². The third-order valence-electron chi connectivity index (χ3n) is 6.47. The maximum Gasteiger partial charge on any atom is 0.248 e. The number of carbonyl (C=O) groups is 1. The summed E-state index contributed by atoms with van der Waals surface area (Å²) in [7, 11) is 0. The molecule has 2 aromatic heterocycles. The molecule has 6 heteroatoms. The Kier molecular flexibility index (Phi) is 7.56. The molecule has 1 aliphatic heterocycles. The highest BCUT2D eigenvalue weighted by Gasteiger charge is 2.26. The van der Waals surface area contributed by atoms with Gasteiger partial charge in [0, 0.05) is 59.8 Å². The topological polar surface area (TPSA) is 73.9 Å². The number of aromatic nitrogens is 3. The van der Waals surface area contributed by atoms with Gasteiger partial charge in [-0.05, 0) is 57.0 Å².